The lowest BCUT2D eigenvalue weighted by molar-refractivity contribution is -0.145. The van der Waals surface area contributed by atoms with Gasteiger partial charge in [0.2, 0.25) is 5.91 Å². The number of esters is 1. The molecule has 0 aliphatic carbocycles. The van der Waals surface area contributed by atoms with Crippen molar-refractivity contribution in [2.45, 2.75) is 45.4 Å². The van der Waals surface area contributed by atoms with E-state index in [-0.39, 0.29) is 6.61 Å². The zero-order chi connectivity index (χ0) is 17.9. The lowest BCUT2D eigenvalue weighted by Crippen LogP contribution is -2.50. The minimum absolute atomic E-state index is 0.113. The van der Waals surface area contributed by atoms with Crippen LogP contribution in [0.2, 0.25) is 0 Å². The number of hydrogen-bond acceptors (Lipinski definition) is 5. The predicted octanol–water partition coefficient (Wildman–Crippen LogP) is 1.76. The second-order valence-corrected chi connectivity index (χ2v) is 5.30. The summed E-state index contributed by atoms with van der Waals surface area (Å²) in [7, 11) is 1.26. The summed E-state index contributed by atoms with van der Waals surface area (Å²) in [5.41, 5.74) is 0.846. The van der Waals surface area contributed by atoms with Gasteiger partial charge in [0.1, 0.15) is 18.7 Å². The molecule has 0 radical (unpaired) electrons. The molecule has 0 saturated carbocycles. The predicted molar refractivity (Wildman–Crippen MR) is 88.1 cm³/mol. The van der Waals surface area contributed by atoms with Crippen molar-refractivity contribution in [3.05, 3.63) is 35.9 Å². The monoisotopic (exact) mass is 336 g/mol. The molecular weight excluding hydrogens is 312 g/mol. The minimum Gasteiger partial charge on any atom is -0.467 e. The van der Waals surface area contributed by atoms with Crippen LogP contribution in [0, 0.1) is 0 Å². The van der Waals surface area contributed by atoms with E-state index >= 15 is 0 Å². The molecule has 1 aromatic rings. The smallest absolute Gasteiger partial charge is 0.408 e. The van der Waals surface area contributed by atoms with Crippen LogP contribution in [0.15, 0.2) is 30.3 Å². The maximum Gasteiger partial charge on any atom is 0.408 e. The van der Waals surface area contributed by atoms with Crippen LogP contribution in [0.1, 0.15) is 32.3 Å². The second-order valence-electron chi connectivity index (χ2n) is 5.30. The first-order valence-electron chi connectivity index (χ1n) is 7.83. The number of ether oxygens (including phenoxy) is 2. The summed E-state index contributed by atoms with van der Waals surface area (Å²) >= 11 is 0. The van der Waals surface area contributed by atoms with Gasteiger partial charge in [-0.15, -0.1) is 0 Å². The number of alkyl carbamates (subject to hydrolysis) is 1. The molecule has 132 valence electrons. The molecule has 1 aromatic carbocycles. The van der Waals surface area contributed by atoms with Crippen molar-refractivity contribution in [3.63, 3.8) is 0 Å². The van der Waals surface area contributed by atoms with Crippen LogP contribution in [0.3, 0.4) is 0 Å². The van der Waals surface area contributed by atoms with E-state index in [0.29, 0.717) is 12.8 Å². The first kappa shape index (κ1) is 19.5. The number of nitrogens with one attached hydrogen (secondary N) is 2. The molecule has 0 spiro atoms. The first-order chi connectivity index (χ1) is 11.5. The maximum absolute atomic E-state index is 12.1. The fraction of sp³-hybridized carbons (Fsp3) is 0.471. The Morgan fingerprint density at radius 1 is 1.12 bits per heavy atom. The third kappa shape index (κ3) is 6.68. The molecule has 0 aliphatic rings. The first-order valence-corrected chi connectivity index (χ1v) is 7.83. The van der Waals surface area contributed by atoms with Crippen LogP contribution in [0.5, 0.6) is 0 Å². The van der Waals surface area contributed by atoms with Crippen molar-refractivity contribution < 1.29 is 23.9 Å². The molecule has 0 saturated heterocycles. The van der Waals surface area contributed by atoms with Gasteiger partial charge in [0.05, 0.1) is 7.11 Å². The van der Waals surface area contributed by atoms with Gasteiger partial charge in [-0.1, -0.05) is 43.7 Å². The van der Waals surface area contributed by atoms with Crippen molar-refractivity contribution in [2.75, 3.05) is 7.11 Å². The fourth-order valence-electron chi connectivity index (χ4n) is 1.98. The highest BCUT2D eigenvalue weighted by atomic mass is 16.5. The Balaban J connectivity index is 2.44. The number of carbonyl (C=O) groups excluding carboxylic acids is 3. The molecular formula is C17H24N2O5. The molecule has 0 aliphatic heterocycles. The summed E-state index contributed by atoms with van der Waals surface area (Å²) in [6, 6.07) is 7.64. The van der Waals surface area contributed by atoms with Crippen LogP contribution >= 0.6 is 0 Å². The summed E-state index contributed by atoms with van der Waals surface area (Å²) < 4.78 is 9.70. The topological polar surface area (TPSA) is 93.7 Å². The van der Waals surface area contributed by atoms with Crippen LogP contribution in [-0.2, 0) is 25.7 Å². The quantitative estimate of drug-likeness (QED) is 0.706. The van der Waals surface area contributed by atoms with Crippen molar-refractivity contribution >= 4 is 18.0 Å². The minimum atomic E-state index is -0.836. The molecule has 0 fully saturated rings. The zero-order valence-electron chi connectivity index (χ0n) is 14.2. The average molecular weight is 336 g/mol. The zero-order valence-corrected chi connectivity index (χ0v) is 14.2. The van der Waals surface area contributed by atoms with E-state index in [2.05, 4.69) is 15.4 Å². The molecule has 7 heteroatoms. The molecule has 24 heavy (non-hydrogen) atoms. The normalized spacial score (nSPS) is 12.6. The van der Waals surface area contributed by atoms with Gasteiger partial charge in [-0.2, -0.15) is 0 Å². The van der Waals surface area contributed by atoms with Gasteiger partial charge in [0.25, 0.3) is 0 Å². The number of amides is 2. The number of methoxy groups -OCH3 is 1. The summed E-state index contributed by atoms with van der Waals surface area (Å²) in [5, 5.41) is 4.99. The van der Waals surface area contributed by atoms with Gasteiger partial charge in [-0.05, 0) is 18.9 Å². The van der Waals surface area contributed by atoms with E-state index in [1.54, 1.807) is 0 Å². The maximum atomic E-state index is 12.1. The molecule has 2 atom stereocenters. The highest BCUT2D eigenvalue weighted by molar-refractivity contribution is 5.89. The lowest BCUT2D eigenvalue weighted by atomic mass is 10.1. The fourth-order valence-corrected chi connectivity index (χ4v) is 1.98. The van der Waals surface area contributed by atoms with Crippen LogP contribution in [0.25, 0.3) is 0 Å². The largest absolute Gasteiger partial charge is 0.467 e. The van der Waals surface area contributed by atoms with Gasteiger partial charge in [-0.25, -0.2) is 9.59 Å². The van der Waals surface area contributed by atoms with Crippen LogP contribution in [-0.4, -0.2) is 37.2 Å². The Kier molecular flexibility index (Phi) is 8.32. The Hall–Kier alpha value is -2.57. The number of rotatable bonds is 8. The van der Waals surface area contributed by atoms with Gasteiger partial charge in [0.15, 0.2) is 0 Å². The van der Waals surface area contributed by atoms with E-state index < -0.39 is 30.1 Å². The number of carbonyl (C=O) groups is 3. The second kappa shape index (κ2) is 10.3. The van der Waals surface area contributed by atoms with Crippen molar-refractivity contribution in [1.29, 1.82) is 0 Å². The van der Waals surface area contributed by atoms with Crippen molar-refractivity contribution in [2.24, 2.45) is 0 Å². The Morgan fingerprint density at radius 2 is 1.79 bits per heavy atom. The average Bonchev–Trinajstić information content (AvgIpc) is 2.59. The molecule has 0 heterocycles. The molecule has 1 rings (SSSR count). The third-order valence-electron chi connectivity index (χ3n) is 3.32. The SMILES string of the molecule is CCC[C@H](NC(=O)[C@@H](C)NC(=O)OCc1ccccc1)C(=O)OC. The van der Waals surface area contributed by atoms with E-state index in [9.17, 15) is 14.4 Å². The molecule has 0 bridgehead atoms. The molecule has 2 amide bonds. The highest BCUT2D eigenvalue weighted by Crippen LogP contribution is 2.02. The highest BCUT2D eigenvalue weighted by Gasteiger charge is 2.24. The van der Waals surface area contributed by atoms with Gasteiger partial charge in [-0.3, -0.25) is 4.79 Å². The summed E-state index contributed by atoms with van der Waals surface area (Å²) in [4.78, 5) is 35.4. The van der Waals surface area contributed by atoms with E-state index in [4.69, 9.17) is 4.74 Å². The van der Waals surface area contributed by atoms with E-state index in [1.807, 2.05) is 37.3 Å². The summed E-state index contributed by atoms with van der Waals surface area (Å²) in [5.74, 6) is -0.987. The Labute approximate surface area is 141 Å². The van der Waals surface area contributed by atoms with Crippen molar-refractivity contribution in [3.8, 4) is 0 Å². The molecule has 0 unspecified atom stereocenters. The van der Waals surface area contributed by atoms with E-state index in [1.165, 1.54) is 14.0 Å². The molecule has 2 N–H and O–H groups in total. The van der Waals surface area contributed by atoms with Crippen molar-refractivity contribution in [1.82, 2.24) is 10.6 Å². The molecule has 7 nitrogen and oxygen atoms in total. The Bertz CT molecular complexity index is 547. The van der Waals surface area contributed by atoms with Gasteiger partial charge < -0.3 is 20.1 Å². The lowest BCUT2D eigenvalue weighted by Gasteiger charge is -2.19. The Morgan fingerprint density at radius 3 is 2.38 bits per heavy atom. The number of hydrogen-bond donors (Lipinski definition) is 2. The van der Waals surface area contributed by atoms with Crippen LogP contribution in [0.4, 0.5) is 4.79 Å². The van der Waals surface area contributed by atoms with Gasteiger partial charge >= 0.3 is 12.1 Å². The summed E-state index contributed by atoms with van der Waals surface area (Å²) in [6.07, 6.45) is 0.469. The summed E-state index contributed by atoms with van der Waals surface area (Å²) in [6.45, 7) is 3.52. The number of benzene rings is 1. The standard InChI is InChI=1S/C17H24N2O5/c1-4-8-14(16(21)23-3)19-15(20)12(2)18-17(22)24-11-13-9-6-5-7-10-13/h5-7,9-10,12,14H,4,8,11H2,1-3H3,(H,18,22)(H,19,20)/t12-,14+/m1/s1. The van der Waals surface area contributed by atoms with Gasteiger partial charge in [0, 0.05) is 0 Å². The third-order valence-corrected chi connectivity index (χ3v) is 3.32. The van der Waals surface area contributed by atoms with Crippen LogP contribution < -0.4 is 10.6 Å². The van der Waals surface area contributed by atoms with E-state index in [0.717, 1.165) is 5.56 Å². The molecule has 0 aromatic heterocycles.